The van der Waals surface area contributed by atoms with Gasteiger partial charge in [0.15, 0.2) is 0 Å². The molecule has 1 aromatic carbocycles. The molecule has 2 aromatic rings. The summed E-state index contributed by atoms with van der Waals surface area (Å²) in [6.45, 7) is 0. The second kappa shape index (κ2) is 5.57. The number of rotatable bonds is 2. The molecule has 5 heteroatoms. The molecule has 0 saturated carbocycles. The van der Waals surface area contributed by atoms with Gasteiger partial charge in [-0.1, -0.05) is 51.3 Å². The van der Waals surface area contributed by atoms with E-state index in [1.807, 2.05) is 12.1 Å². The van der Waals surface area contributed by atoms with Crippen LogP contribution in [0, 0.1) is 3.57 Å². The van der Waals surface area contributed by atoms with Crippen LogP contribution in [-0.4, -0.2) is 0 Å². The van der Waals surface area contributed by atoms with Crippen molar-refractivity contribution in [1.82, 2.24) is 0 Å². The number of hydrogen-bond donors (Lipinski definition) is 0. The molecule has 0 fully saturated rings. The molecule has 2 rings (SSSR count). The molecule has 1 aromatic heterocycles. The fraction of sp³-hybridized carbons (Fsp3) is 0.0909. The van der Waals surface area contributed by atoms with E-state index < -0.39 is 0 Å². The summed E-state index contributed by atoms with van der Waals surface area (Å²) in [6.07, 6.45) is 0. The zero-order chi connectivity index (χ0) is 11.7. The Bertz CT molecular complexity index is 512. The number of hydrogen-bond acceptors (Lipinski definition) is 1. The highest BCUT2D eigenvalue weighted by Gasteiger charge is 2.16. The van der Waals surface area contributed by atoms with Crippen molar-refractivity contribution < 1.29 is 0 Å². The summed E-state index contributed by atoms with van der Waals surface area (Å²) in [5.41, 5.74) is 2.21. The largest absolute Gasteiger partial charge is 0.111 e. The quantitative estimate of drug-likeness (QED) is 0.383. The topological polar surface area (TPSA) is 0 Å². The van der Waals surface area contributed by atoms with Crippen molar-refractivity contribution in [3.05, 3.63) is 53.7 Å². The Morgan fingerprint density at radius 1 is 1.25 bits per heavy atom. The molecule has 0 aliphatic carbocycles. The smallest absolute Gasteiger partial charge is 0.0990 e. The van der Waals surface area contributed by atoms with Gasteiger partial charge in [-0.25, -0.2) is 0 Å². The van der Waals surface area contributed by atoms with Crippen LogP contribution in [0.5, 0.6) is 0 Å². The maximum atomic E-state index is 6.13. The van der Waals surface area contributed by atoms with Crippen LogP contribution in [0.3, 0.4) is 0 Å². The van der Waals surface area contributed by atoms with E-state index in [2.05, 4.69) is 56.7 Å². The van der Waals surface area contributed by atoms with E-state index in [1.54, 1.807) is 0 Å². The Labute approximate surface area is 130 Å². The van der Waals surface area contributed by atoms with E-state index in [0.717, 1.165) is 14.2 Å². The first-order chi connectivity index (χ1) is 7.58. The van der Waals surface area contributed by atoms with Crippen LogP contribution < -0.4 is 0 Å². The van der Waals surface area contributed by atoms with Crippen LogP contribution >= 0.6 is 73.1 Å². The van der Waals surface area contributed by atoms with Gasteiger partial charge in [0.05, 0.1) is 13.5 Å². The first-order valence-corrected chi connectivity index (χ1v) is 7.99. The van der Waals surface area contributed by atoms with Crippen LogP contribution in [0.1, 0.15) is 16.0 Å². The second-order valence-electron chi connectivity index (χ2n) is 3.20. The standard InChI is InChI=1S/C11H6BrCl2IS/c12-10(6-2-1-3-7(15)4-6)8-5-9(13)16-11(8)14/h1-5,10H. The van der Waals surface area contributed by atoms with Gasteiger partial charge in [0.25, 0.3) is 0 Å². The number of benzene rings is 1. The average molecular weight is 448 g/mol. The first-order valence-electron chi connectivity index (χ1n) is 4.42. The van der Waals surface area contributed by atoms with Crippen molar-refractivity contribution in [3.8, 4) is 0 Å². The zero-order valence-corrected chi connectivity index (χ0v) is 14.0. The lowest BCUT2D eigenvalue weighted by molar-refractivity contribution is 1.19. The fourth-order valence-electron chi connectivity index (χ4n) is 1.37. The van der Waals surface area contributed by atoms with Crippen LogP contribution in [0.2, 0.25) is 8.67 Å². The van der Waals surface area contributed by atoms with E-state index in [9.17, 15) is 0 Å². The molecular formula is C11H6BrCl2IS. The number of alkyl halides is 1. The lowest BCUT2D eigenvalue weighted by Gasteiger charge is -2.09. The van der Waals surface area contributed by atoms with Gasteiger partial charge in [0, 0.05) is 9.13 Å². The molecule has 84 valence electrons. The van der Waals surface area contributed by atoms with Gasteiger partial charge in [0.2, 0.25) is 0 Å². The maximum Gasteiger partial charge on any atom is 0.0990 e. The molecule has 16 heavy (non-hydrogen) atoms. The van der Waals surface area contributed by atoms with Crippen molar-refractivity contribution in [1.29, 1.82) is 0 Å². The summed E-state index contributed by atoms with van der Waals surface area (Å²) < 4.78 is 2.66. The van der Waals surface area contributed by atoms with Gasteiger partial charge < -0.3 is 0 Å². The lowest BCUT2D eigenvalue weighted by Crippen LogP contribution is -1.91. The van der Waals surface area contributed by atoms with Crippen LogP contribution in [-0.2, 0) is 0 Å². The molecule has 1 atom stereocenters. The Morgan fingerprint density at radius 3 is 2.56 bits per heavy atom. The van der Waals surface area contributed by atoms with E-state index in [-0.39, 0.29) is 4.83 Å². The van der Waals surface area contributed by atoms with Gasteiger partial charge >= 0.3 is 0 Å². The van der Waals surface area contributed by atoms with Crippen LogP contribution in [0.4, 0.5) is 0 Å². The Morgan fingerprint density at radius 2 is 2.00 bits per heavy atom. The third kappa shape index (κ3) is 2.93. The maximum absolute atomic E-state index is 6.13. The highest BCUT2D eigenvalue weighted by Crippen LogP contribution is 2.41. The van der Waals surface area contributed by atoms with Crippen molar-refractivity contribution >= 4 is 73.1 Å². The molecular weight excluding hydrogens is 442 g/mol. The van der Waals surface area contributed by atoms with Gasteiger partial charge in [-0.3, -0.25) is 0 Å². The molecule has 0 spiro atoms. The van der Waals surface area contributed by atoms with E-state index in [4.69, 9.17) is 23.2 Å². The minimum absolute atomic E-state index is 0.0958. The summed E-state index contributed by atoms with van der Waals surface area (Å²) in [5, 5.41) is 0. The Hall–Kier alpha value is 0.710. The fourth-order valence-corrected chi connectivity index (χ4v) is 4.40. The summed E-state index contributed by atoms with van der Waals surface area (Å²) in [5.74, 6) is 0. The zero-order valence-electron chi connectivity index (χ0n) is 7.88. The number of halogens is 4. The van der Waals surface area contributed by atoms with Crippen LogP contribution in [0.25, 0.3) is 0 Å². The second-order valence-corrected chi connectivity index (χ2v) is 7.64. The first kappa shape index (κ1) is 13.1. The SMILES string of the molecule is Clc1cc(C(Br)c2cccc(I)c2)c(Cl)s1. The minimum Gasteiger partial charge on any atom is -0.111 e. The Balaban J connectivity index is 2.38. The van der Waals surface area contributed by atoms with Crippen LogP contribution in [0.15, 0.2) is 30.3 Å². The molecule has 0 nitrogen and oxygen atoms in total. The van der Waals surface area contributed by atoms with Crippen molar-refractivity contribution in [3.63, 3.8) is 0 Å². The molecule has 0 radical (unpaired) electrons. The third-order valence-electron chi connectivity index (χ3n) is 2.10. The molecule has 0 N–H and O–H groups in total. The molecule has 1 heterocycles. The van der Waals surface area contributed by atoms with Gasteiger partial charge in [0.1, 0.15) is 0 Å². The summed E-state index contributed by atoms with van der Waals surface area (Å²) in [4.78, 5) is 0.0958. The molecule has 1 unspecified atom stereocenters. The molecule has 0 saturated heterocycles. The monoisotopic (exact) mass is 446 g/mol. The van der Waals surface area contributed by atoms with Crippen molar-refractivity contribution in [2.75, 3.05) is 0 Å². The predicted molar refractivity (Wildman–Crippen MR) is 84.3 cm³/mol. The number of thiophene rings is 1. The summed E-state index contributed by atoms with van der Waals surface area (Å²) in [6, 6.07) is 10.2. The molecule has 0 aliphatic heterocycles. The third-order valence-corrected chi connectivity index (χ3v) is 5.31. The van der Waals surface area contributed by atoms with E-state index >= 15 is 0 Å². The van der Waals surface area contributed by atoms with E-state index in [1.165, 1.54) is 20.5 Å². The molecule has 0 bridgehead atoms. The van der Waals surface area contributed by atoms with Crippen molar-refractivity contribution in [2.24, 2.45) is 0 Å². The summed E-state index contributed by atoms with van der Waals surface area (Å²) >= 11 is 19.4. The minimum atomic E-state index is 0.0958. The van der Waals surface area contributed by atoms with E-state index in [0.29, 0.717) is 0 Å². The predicted octanol–water partition coefficient (Wildman–Crippen LogP) is 6.14. The lowest BCUT2D eigenvalue weighted by atomic mass is 10.1. The van der Waals surface area contributed by atoms with Gasteiger partial charge in [-0.15, -0.1) is 11.3 Å². The van der Waals surface area contributed by atoms with Gasteiger partial charge in [-0.2, -0.15) is 0 Å². The average Bonchev–Trinajstić information content (AvgIpc) is 2.57. The van der Waals surface area contributed by atoms with Gasteiger partial charge in [-0.05, 0) is 46.4 Å². The Kier molecular flexibility index (Phi) is 4.58. The highest BCUT2D eigenvalue weighted by molar-refractivity contribution is 14.1. The highest BCUT2D eigenvalue weighted by atomic mass is 127. The molecule has 0 amide bonds. The van der Waals surface area contributed by atoms with Crippen molar-refractivity contribution in [2.45, 2.75) is 4.83 Å². The summed E-state index contributed by atoms with van der Waals surface area (Å²) in [7, 11) is 0. The molecule has 0 aliphatic rings. The normalized spacial score (nSPS) is 12.8.